The first-order chi connectivity index (χ1) is 11.5. The molecule has 154 valence electrons. The molecule has 0 aromatic heterocycles. The second-order valence-corrected chi connectivity index (χ2v) is 6.69. The molecule has 2 rings (SSSR count). The van der Waals surface area contributed by atoms with Gasteiger partial charge in [-0.15, -0.1) is 0 Å². The van der Waals surface area contributed by atoms with E-state index < -0.39 is 0 Å². The van der Waals surface area contributed by atoms with Gasteiger partial charge in [0.25, 0.3) is 0 Å². The van der Waals surface area contributed by atoms with Gasteiger partial charge in [-0.3, -0.25) is 0 Å². The molecule has 0 radical (unpaired) electrons. The molecule has 2 aromatic carbocycles. The molecule has 6 heteroatoms. The Hall–Kier alpha value is -0.732. The van der Waals surface area contributed by atoms with Crippen molar-refractivity contribution in [2.75, 3.05) is 43.9 Å². The zero-order valence-corrected chi connectivity index (χ0v) is 20.6. The minimum absolute atomic E-state index is 0. The van der Waals surface area contributed by atoms with Crippen LogP contribution in [0.3, 0.4) is 0 Å². The Kier molecular flexibility index (Phi) is 15.1. The second kappa shape index (κ2) is 14.3. The zero-order valence-electron chi connectivity index (χ0n) is 16.8. The monoisotopic (exact) mass is 590 g/mol. The summed E-state index contributed by atoms with van der Waals surface area (Å²) in [5.41, 5.74) is 7.81. The molecule has 0 spiro atoms. The molecule has 0 unspecified atom stereocenters. The number of para-hydroxylation sites is 2. The first-order valence-corrected chi connectivity index (χ1v) is 8.77. The Morgan fingerprint density at radius 1 is 0.667 bits per heavy atom. The average Bonchev–Trinajstić information content (AvgIpc) is 2.53. The third kappa shape index (κ3) is 8.87. The largest absolute Gasteiger partial charge is 2.00 e. The van der Waals surface area contributed by atoms with Crippen LogP contribution in [0, 0.1) is 27.7 Å². The van der Waals surface area contributed by atoms with Crippen LogP contribution < -0.4 is 35.4 Å². The van der Waals surface area contributed by atoms with Crippen LogP contribution in [0.25, 0.3) is 0 Å². The number of nitrogens with one attached hydrogen (secondary N) is 2. The molecule has 0 bridgehead atoms. The van der Waals surface area contributed by atoms with Gasteiger partial charge < -0.3 is 40.3 Å². The van der Waals surface area contributed by atoms with E-state index in [1.807, 2.05) is 0 Å². The van der Waals surface area contributed by atoms with Gasteiger partial charge in [0.2, 0.25) is 0 Å². The van der Waals surface area contributed by atoms with Gasteiger partial charge in [-0.2, -0.15) is 0 Å². The Morgan fingerprint density at radius 3 is 1.26 bits per heavy atom. The molecular formula is C21H31Cl2N3Pt. The van der Waals surface area contributed by atoms with Crippen LogP contribution in [0.2, 0.25) is 0 Å². The number of likely N-dealkylation sites (N-methyl/N-ethyl adjacent to an activating group) is 1. The van der Waals surface area contributed by atoms with Gasteiger partial charge in [0.05, 0.1) is 0 Å². The fraction of sp³-hybridized carbons (Fsp3) is 0.429. The van der Waals surface area contributed by atoms with Crippen molar-refractivity contribution >= 4 is 11.4 Å². The summed E-state index contributed by atoms with van der Waals surface area (Å²) in [6, 6.07) is 12.9. The van der Waals surface area contributed by atoms with Gasteiger partial charge in [-0.1, -0.05) is 36.4 Å². The molecule has 0 aliphatic carbocycles. The first-order valence-electron chi connectivity index (χ1n) is 8.77. The van der Waals surface area contributed by atoms with Gasteiger partial charge in [0.15, 0.2) is 0 Å². The van der Waals surface area contributed by atoms with Crippen LogP contribution in [0.4, 0.5) is 11.4 Å². The molecule has 0 saturated carbocycles. The predicted octanol–water partition coefficient (Wildman–Crippen LogP) is -1.62. The van der Waals surface area contributed by atoms with E-state index >= 15 is 0 Å². The fourth-order valence-electron chi connectivity index (χ4n) is 3.04. The molecule has 27 heavy (non-hydrogen) atoms. The SMILES string of the molecule is Cc1cccc(C)c1NCCN(C)CCNc1c(C)cccc1C.[Cl-].[Cl-].[Pt+2]. The molecule has 0 aliphatic rings. The van der Waals surface area contributed by atoms with E-state index in [-0.39, 0.29) is 45.9 Å². The Morgan fingerprint density at radius 2 is 0.963 bits per heavy atom. The number of hydrogen-bond acceptors (Lipinski definition) is 3. The summed E-state index contributed by atoms with van der Waals surface area (Å²) >= 11 is 0. The van der Waals surface area contributed by atoms with Crippen molar-refractivity contribution in [1.29, 1.82) is 0 Å². The van der Waals surface area contributed by atoms with E-state index in [0.717, 1.165) is 26.2 Å². The van der Waals surface area contributed by atoms with Crippen LogP contribution >= 0.6 is 0 Å². The third-order valence-electron chi connectivity index (χ3n) is 4.55. The molecule has 0 saturated heterocycles. The second-order valence-electron chi connectivity index (χ2n) is 6.69. The number of anilines is 2. The normalized spacial score (nSPS) is 9.70. The summed E-state index contributed by atoms with van der Waals surface area (Å²) in [5, 5.41) is 7.15. The van der Waals surface area contributed by atoms with Gasteiger partial charge in [-0.05, 0) is 57.0 Å². The van der Waals surface area contributed by atoms with Crippen LogP contribution in [-0.4, -0.2) is 38.1 Å². The number of nitrogens with zero attached hydrogens (tertiary/aromatic N) is 1. The van der Waals surface area contributed by atoms with Crippen molar-refractivity contribution in [2.45, 2.75) is 27.7 Å². The zero-order chi connectivity index (χ0) is 17.5. The van der Waals surface area contributed by atoms with E-state index in [1.54, 1.807) is 0 Å². The first kappa shape index (κ1) is 28.5. The summed E-state index contributed by atoms with van der Waals surface area (Å²) in [5.74, 6) is 0. The van der Waals surface area contributed by atoms with E-state index in [0.29, 0.717) is 0 Å². The van der Waals surface area contributed by atoms with E-state index in [2.05, 4.69) is 86.7 Å². The van der Waals surface area contributed by atoms with E-state index in [1.165, 1.54) is 33.6 Å². The average molecular weight is 591 g/mol. The summed E-state index contributed by atoms with van der Waals surface area (Å²) < 4.78 is 0. The standard InChI is InChI=1S/C21H31N3.2ClH.Pt/c1-16-8-6-9-17(2)20(16)22-12-14-24(5)15-13-23-21-18(3)10-7-11-19(21)4;;;/h6-11,22-23H,12-15H2,1-5H3;2*1H;/q;;;+2/p-2. The maximum Gasteiger partial charge on any atom is 2.00 e. The summed E-state index contributed by atoms with van der Waals surface area (Å²) in [4.78, 5) is 2.36. The maximum atomic E-state index is 3.58. The molecular weight excluding hydrogens is 560 g/mol. The molecule has 2 N–H and O–H groups in total. The van der Waals surface area contributed by atoms with Crippen molar-refractivity contribution in [3.63, 3.8) is 0 Å². The van der Waals surface area contributed by atoms with Gasteiger partial charge >= 0.3 is 21.1 Å². The van der Waals surface area contributed by atoms with Crippen molar-refractivity contribution in [3.8, 4) is 0 Å². The van der Waals surface area contributed by atoms with Crippen molar-refractivity contribution < 1.29 is 45.9 Å². The van der Waals surface area contributed by atoms with Crippen molar-refractivity contribution in [3.05, 3.63) is 58.7 Å². The quantitative estimate of drug-likeness (QED) is 0.387. The number of hydrogen-bond donors (Lipinski definition) is 2. The Bertz CT molecular complexity index is 582. The molecule has 0 amide bonds. The molecule has 3 nitrogen and oxygen atoms in total. The number of halogens is 2. The third-order valence-corrected chi connectivity index (χ3v) is 4.55. The molecule has 0 atom stereocenters. The van der Waals surface area contributed by atoms with Crippen molar-refractivity contribution in [2.24, 2.45) is 0 Å². The minimum Gasteiger partial charge on any atom is -1.00 e. The number of aryl methyl sites for hydroxylation is 4. The smallest absolute Gasteiger partial charge is 1.00 e. The van der Waals surface area contributed by atoms with Gasteiger partial charge in [-0.25, -0.2) is 0 Å². The molecule has 0 aliphatic heterocycles. The topological polar surface area (TPSA) is 27.3 Å². The fourth-order valence-corrected chi connectivity index (χ4v) is 3.04. The van der Waals surface area contributed by atoms with Crippen LogP contribution in [0.5, 0.6) is 0 Å². The van der Waals surface area contributed by atoms with E-state index in [4.69, 9.17) is 0 Å². The molecule has 2 aromatic rings. The maximum absolute atomic E-state index is 3.58. The van der Waals surface area contributed by atoms with Crippen molar-refractivity contribution in [1.82, 2.24) is 4.90 Å². The van der Waals surface area contributed by atoms with E-state index in [9.17, 15) is 0 Å². The Labute approximate surface area is 191 Å². The summed E-state index contributed by atoms with van der Waals surface area (Å²) in [6.45, 7) is 12.6. The number of rotatable bonds is 8. The molecule has 0 heterocycles. The minimum atomic E-state index is 0. The Balaban J connectivity index is 0. The predicted molar refractivity (Wildman–Crippen MR) is 106 cm³/mol. The molecule has 0 fully saturated rings. The van der Waals surface area contributed by atoms with Crippen LogP contribution in [0.15, 0.2) is 36.4 Å². The number of benzene rings is 2. The summed E-state index contributed by atoms with van der Waals surface area (Å²) in [7, 11) is 2.18. The van der Waals surface area contributed by atoms with Gasteiger partial charge in [0.1, 0.15) is 0 Å². The van der Waals surface area contributed by atoms with Crippen LogP contribution in [0.1, 0.15) is 22.3 Å². The summed E-state index contributed by atoms with van der Waals surface area (Å²) in [6.07, 6.45) is 0. The van der Waals surface area contributed by atoms with Gasteiger partial charge in [0, 0.05) is 37.6 Å². The van der Waals surface area contributed by atoms with Crippen LogP contribution in [-0.2, 0) is 21.1 Å².